The topological polar surface area (TPSA) is 48.9 Å². The summed E-state index contributed by atoms with van der Waals surface area (Å²) in [6.45, 7) is 9.96. The molecule has 0 saturated carbocycles. The zero-order valence-corrected chi connectivity index (χ0v) is 15.8. The van der Waals surface area contributed by atoms with Crippen molar-refractivity contribution < 1.29 is 4.74 Å². The summed E-state index contributed by atoms with van der Waals surface area (Å²) in [6, 6.07) is 8.83. The number of nitrogens with zero attached hydrogens (tertiary/aromatic N) is 2. The van der Waals surface area contributed by atoms with Crippen molar-refractivity contribution in [2.75, 3.05) is 33.4 Å². The molecule has 1 aliphatic rings. The number of guanidine groups is 1. The van der Waals surface area contributed by atoms with Crippen molar-refractivity contribution >= 4 is 17.6 Å². The quantitative estimate of drug-likeness (QED) is 0.632. The van der Waals surface area contributed by atoms with Crippen molar-refractivity contribution in [1.29, 1.82) is 0 Å². The minimum atomic E-state index is 0.0857. The molecule has 1 heterocycles. The molecular weight excluding hydrogens is 324 g/mol. The van der Waals surface area contributed by atoms with Crippen LogP contribution in [0.1, 0.15) is 32.4 Å². The van der Waals surface area contributed by atoms with E-state index in [0.29, 0.717) is 12.1 Å². The minimum Gasteiger partial charge on any atom is -0.379 e. The average molecular weight is 353 g/mol. The Hall–Kier alpha value is -1.30. The number of ether oxygens (including phenoxy) is 1. The number of halogens is 1. The standard InChI is InChI=1S/C18H29ClN4O/c1-13(23-9-10-24-12-14(23)2)11-21-18(20-4)22-15(3)16-7-5-6-8-17(16)19/h5-8,13-15H,9-12H2,1-4H3,(H2,20,21,22). The van der Waals surface area contributed by atoms with Crippen molar-refractivity contribution in [3.05, 3.63) is 34.9 Å². The summed E-state index contributed by atoms with van der Waals surface area (Å²) in [4.78, 5) is 6.80. The molecule has 2 rings (SSSR count). The summed E-state index contributed by atoms with van der Waals surface area (Å²) >= 11 is 6.27. The molecule has 1 aliphatic heterocycles. The molecular formula is C18H29ClN4O. The van der Waals surface area contributed by atoms with Crippen LogP contribution in [0.5, 0.6) is 0 Å². The zero-order valence-electron chi connectivity index (χ0n) is 15.1. The van der Waals surface area contributed by atoms with E-state index in [4.69, 9.17) is 16.3 Å². The number of hydrogen-bond donors (Lipinski definition) is 2. The monoisotopic (exact) mass is 352 g/mol. The number of rotatable bonds is 5. The fourth-order valence-electron chi connectivity index (χ4n) is 3.06. The highest BCUT2D eigenvalue weighted by Gasteiger charge is 2.23. The predicted octanol–water partition coefficient (Wildman–Crippen LogP) is 2.68. The first-order valence-electron chi connectivity index (χ1n) is 8.58. The van der Waals surface area contributed by atoms with Gasteiger partial charge in [-0.05, 0) is 32.4 Å². The lowest BCUT2D eigenvalue weighted by molar-refractivity contribution is -0.0174. The number of hydrogen-bond acceptors (Lipinski definition) is 3. The SMILES string of the molecule is CN=C(NCC(C)N1CCOCC1C)NC(C)c1ccccc1Cl. The van der Waals surface area contributed by atoms with E-state index in [0.717, 1.165) is 42.8 Å². The van der Waals surface area contributed by atoms with Gasteiger partial charge in [0.05, 0.1) is 19.3 Å². The second-order valence-corrected chi connectivity index (χ2v) is 6.76. The molecule has 5 nitrogen and oxygen atoms in total. The highest BCUT2D eigenvalue weighted by atomic mass is 35.5. The largest absolute Gasteiger partial charge is 0.379 e. The molecule has 134 valence electrons. The molecule has 0 radical (unpaired) electrons. The fourth-order valence-corrected chi connectivity index (χ4v) is 3.36. The maximum Gasteiger partial charge on any atom is 0.191 e. The van der Waals surface area contributed by atoms with Gasteiger partial charge in [0.25, 0.3) is 0 Å². The van der Waals surface area contributed by atoms with Crippen molar-refractivity contribution in [2.24, 2.45) is 4.99 Å². The van der Waals surface area contributed by atoms with Gasteiger partial charge in [0.15, 0.2) is 5.96 Å². The first-order valence-corrected chi connectivity index (χ1v) is 8.95. The zero-order chi connectivity index (χ0) is 17.5. The van der Waals surface area contributed by atoms with Crippen molar-refractivity contribution in [2.45, 2.75) is 38.9 Å². The third kappa shape index (κ3) is 5.10. The lowest BCUT2D eigenvalue weighted by Crippen LogP contribution is -2.53. The molecule has 0 spiro atoms. The van der Waals surface area contributed by atoms with Gasteiger partial charge in [-0.3, -0.25) is 9.89 Å². The van der Waals surface area contributed by atoms with Crippen molar-refractivity contribution in [3.8, 4) is 0 Å². The fraction of sp³-hybridized carbons (Fsp3) is 0.611. The molecule has 0 aliphatic carbocycles. The minimum absolute atomic E-state index is 0.0857. The van der Waals surface area contributed by atoms with E-state index in [2.05, 4.69) is 41.3 Å². The molecule has 2 N–H and O–H groups in total. The number of nitrogens with one attached hydrogen (secondary N) is 2. The summed E-state index contributed by atoms with van der Waals surface area (Å²) < 4.78 is 5.51. The first kappa shape index (κ1) is 19.0. The lowest BCUT2D eigenvalue weighted by atomic mass is 10.1. The van der Waals surface area contributed by atoms with Crippen LogP contribution >= 0.6 is 11.6 Å². The van der Waals surface area contributed by atoms with Gasteiger partial charge in [-0.2, -0.15) is 0 Å². The molecule has 1 fully saturated rings. The Morgan fingerprint density at radius 1 is 1.42 bits per heavy atom. The van der Waals surface area contributed by atoms with Crippen LogP contribution < -0.4 is 10.6 Å². The Labute approximate surface area is 150 Å². The maximum atomic E-state index is 6.27. The van der Waals surface area contributed by atoms with Crippen LogP contribution in [0.4, 0.5) is 0 Å². The van der Waals surface area contributed by atoms with Crippen LogP contribution in [0, 0.1) is 0 Å². The second-order valence-electron chi connectivity index (χ2n) is 6.35. The molecule has 3 atom stereocenters. The van der Waals surface area contributed by atoms with E-state index in [-0.39, 0.29) is 6.04 Å². The Kier molecular flexibility index (Phi) is 7.34. The number of benzene rings is 1. The van der Waals surface area contributed by atoms with Crippen LogP contribution in [0.3, 0.4) is 0 Å². The molecule has 0 amide bonds. The maximum absolute atomic E-state index is 6.27. The van der Waals surface area contributed by atoms with E-state index in [1.807, 2.05) is 24.3 Å². The van der Waals surface area contributed by atoms with Crippen molar-refractivity contribution in [3.63, 3.8) is 0 Å². The molecule has 6 heteroatoms. The number of morpholine rings is 1. The van der Waals surface area contributed by atoms with Gasteiger partial charge in [0, 0.05) is 37.2 Å². The van der Waals surface area contributed by atoms with Gasteiger partial charge in [-0.1, -0.05) is 29.8 Å². The molecule has 1 aromatic rings. The van der Waals surface area contributed by atoms with Gasteiger partial charge in [-0.25, -0.2) is 0 Å². The third-order valence-corrected chi connectivity index (χ3v) is 4.84. The highest BCUT2D eigenvalue weighted by Crippen LogP contribution is 2.21. The van der Waals surface area contributed by atoms with Gasteiger partial charge >= 0.3 is 0 Å². The van der Waals surface area contributed by atoms with E-state index < -0.39 is 0 Å². The molecule has 24 heavy (non-hydrogen) atoms. The average Bonchev–Trinajstić information content (AvgIpc) is 2.58. The number of aliphatic imine (C=N–C) groups is 1. The van der Waals surface area contributed by atoms with Crippen molar-refractivity contribution in [1.82, 2.24) is 15.5 Å². The second kappa shape index (κ2) is 9.25. The van der Waals surface area contributed by atoms with E-state index in [9.17, 15) is 0 Å². The van der Waals surface area contributed by atoms with Crippen LogP contribution in [0.25, 0.3) is 0 Å². The molecule has 3 unspecified atom stereocenters. The molecule has 1 saturated heterocycles. The van der Waals surface area contributed by atoms with Crippen LogP contribution in [-0.4, -0.2) is 56.3 Å². The van der Waals surface area contributed by atoms with Crippen LogP contribution in [0.15, 0.2) is 29.3 Å². The van der Waals surface area contributed by atoms with E-state index in [1.165, 1.54) is 0 Å². The summed E-state index contributed by atoms with van der Waals surface area (Å²) in [5.74, 6) is 0.787. The molecule has 0 aromatic heterocycles. The summed E-state index contributed by atoms with van der Waals surface area (Å²) in [5.41, 5.74) is 1.07. The van der Waals surface area contributed by atoms with Gasteiger partial charge in [-0.15, -0.1) is 0 Å². The Bertz CT molecular complexity index is 552. The summed E-state index contributed by atoms with van der Waals surface area (Å²) in [7, 11) is 1.79. The summed E-state index contributed by atoms with van der Waals surface area (Å²) in [5, 5.41) is 7.59. The Morgan fingerprint density at radius 2 is 2.17 bits per heavy atom. The third-order valence-electron chi connectivity index (χ3n) is 4.50. The Morgan fingerprint density at radius 3 is 2.83 bits per heavy atom. The summed E-state index contributed by atoms with van der Waals surface area (Å²) in [6.07, 6.45) is 0. The van der Waals surface area contributed by atoms with Gasteiger partial charge in [0.2, 0.25) is 0 Å². The molecule has 1 aromatic carbocycles. The van der Waals surface area contributed by atoms with Gasteiger partial charge < -0.3 is 15.4 Å². The lowest BCUT2D eigenvalue weighted by Gasteiger charge is -2.38. The smallest absolute Gasteiger partial charge is 0.191 e. The van der Waals surface area contributed by atoms with E-state index >= 15 is 0 Å². The van der Waals surface area contributed by atoms with Crippen LogP contribution in [-0.2, 0) is 4.74 Å². The predicted molar refractivity (Wildman–Crippen MR) is 101 cm³/mol. The first-order chi connectivity index (χ1) is 11.5. The van der Waals surface area contributed by atoms with Gasteiger partial charge in [0.1, 0.15) is 0 Å². The van der Waals surface area contributed by atoms with Crippen LogP contribution in [0.2, 0.25) is 5.02 Å². The molecule has 0 bridgehead atoms. The normalized spacial score (nSPS) is 22.0. The Balaban J connectivity index is 1.87. The van der Waals surface area contributed by atoms with E-state index in [1.54, 1.807) is 7.05 Å². The highest BCUT2D eigenvalue weighted by molar-refractivity contribution is 6.31.